The molecule has 0 radical (unpaired) electrons. The van der Waals surface area contributed by atoms with E-state index in [0.29, 0.717) is 5.92 Å². The molecular weight excluding hydrogens is 226 g/mol. The minimum absolute atomic E-state index is 0.00832. The van der Waals surface area contributed by atoms with Crippen molar-refractivity contribution in [2.45, 2.75) is 39.8 Å². The highest BCUT2D eigenvalue weighted by Crippen LogP contribution is 2.26. The summed E-state index contributed by atoms with van der Waals surface area (Å²) in [4.78, 5) is 4.22. The SMILES string of the molecule is Cc1ccc(C(C)n2cncc2C(N)C(C)C)o1. The summed E-state index contributed by atoms with van der Waals surface area (Å²) in [6.45, 7) is 8.27. The monoisotopic (exact) mass is 247 g/mol. The average molecular weight is 247 g/mol. The van der Waals surface area contributed by atoms with Gasteiger partial charge >= 0.3 is 0 Å². The van der Waals surface area contributed by atoms with Crippen molar-refractivity contribution in [1.82, 2.24) is 9.55 Å². The molecule has 18 heavy (non-hydrogen) atoms. The minimum atomic E-state index is -0.00832. The number of nitrogens with zero attached hydrogens (tertiary/aromatic N) is 2. The first-order chi connectivity index (χ1) is 8.50. The van der Waals surface area contributed by atoms with Crippen LogP contribution in [0, 0.1) is 12.8 Å². The molecule has 2 aromatic heterocycles. The van der Waals surface area contributed by atoms with Crippen molar-refractivity contribution in [3.05, 3.63) is 41.9 Å². The van der Waals surface area contributed by atoms with Gasteiger partial charge in [-0.2, -0.15) is 0 Å². The third-order valence-electron chi connectivity index (χ3n) is 3.35. The van der Waals surface area contributed by atoms with Gasteiger partial charge in [0.15, 0.2) is 0 Å². The fraction of sp³-hybridized carbons (Fsp3) is 0.500. The summed E-state index contributed by atoms with van der Waals surface area (Å²) < 4.78 is 7.76. The molecule has 2 atom stereocenters. The highest BCUT2D eigenvalue weighted by Gasteiger charge is 2.20. The lowest BCUT2D eigenvalue weighted by Gasteiger charge is -2.21. The van der Waals surface area contributed by atoms with Crippen LogP contribution in [-0.4, -0.2) is 9.55 Å². The van der Waals surface area contributed by atoms with Crippen LogP contribution in [0.5, 0.6) is 0 Å². The van der Waals surface area contributed by atoms with Gasteiger partial charge in [0.1, 0.15) is 11.5 Å². The van der Waals surface area contributed by atoms with Gasteiger partial charge in [-0.1, -0.05) is 13.8 Å². The molecule has 0 aromatic carbocycles. The van der Waals surface area contributed by atoms with Crippen molar-refractivity contribution in [2.24, 2.45) is 11.7 Å². The molecule has 0 aliphatic carbocycles. The third-order valence-corrected chi connectivity index (χ3v) is 3.35. The van der Waals surface area contributed by atoms with Crippen LogP contribution in [0.2, 0.25) is 0 Å². The van der Waals surface area contributed by atoms with E-state index in [1.165, 1.54) is 0 Å². The van der Waals surface area contributed by atoms with Crippen LogP contribution in [-0.2, 0) is 0 Å². The van der Waals surface area contributed by atoms with E-state index in [9.17, 15) is 0 Å². The largest absolute Gasteiger partial charge is 0.464 e. The Morgan fingerprint density at radius 2 is 2.00 bits per heavy atom. The molecule has 4 heteroatoms. The molecule has 0 saturated heterocycles. The number of rotatable bonds is 4. The van der Waals surface area contributed by atoms with Gasteiger partial charge < -0.3 is 14.7 Å². The van der Waals surface area contributed by atoms with Crippen LogP contribution in [0.15, 0.2) is 29.1 Å². The van der Waals surface area contributed by atoms with Gasteiger partial charge in [0.05, 0.1) is 18.1 Å². The van der Waals surface area contributed by atoms with Crippen LogP contribution in [0.4, 0.5) is 0 Å². The lowest BCUT2D eigenvalue weighted by atomic mass is 10.0. The second-order valence-corrected chi connectivity index (χ2v) is 5.12. The summed E-state index contributed by atoms with van der Waals surface area (Å²) in [5.74, 6) is 2.24. The Bertz CT molecular complexity index is 513. The Labute approximate surface area is 108 Å². The Balaban J connectivity index is 2.31. The second kappa shape index (κ2) is 4.98. The maximum atomic E-state index is 6.21. The van der Waals surface area contributed by atoms with E-state index >= 15 is 0 Å². The van der Waals surface area contributed by atoms with Crippen LogP contribution in [0.1, 0.15) is 50.1 Å². The van der Waals surface area contributed by atoms with Gasteiger partial charge in [-0.05, 0) is 31.9 Å². The van der Waals surface area contributed by atoms with Crippen molar-refractivity contribution in [1.29, 1.82) is 0 Å². The van der Waals surface area contributed by atoms with Gasteiger partial charge in [-0.15, -0.1) is 0 Å². The zero-order valence-electron chi connectivity index (χ0n) is 11.4. The number of imidazole rings is 1. The summed E-state index contributed by atoms with van der Waals surface area (Å²) in [7, 11) is 0. The van der Waals surface area contributed by atoms with Crippen LogP contribution in [0.25, 0.3) is 0 Å². The van der Waals surface area contributed by atoms with Crippen LogP contribution in [0.3, 0.4) is 0 Å². The molecular formula is C14H21N3O. The van der Waals surface area contributed by atoms with E-state index in [1.54, 1.807) is 0 Å². The average Bonchev–Trinajstić information content (AvgIpc) is 2.95. The van der Waals surface area contributed by atoms with E-state index in [-0.39, 0.29) is 12.1 Å². The Morgan fingerprint density at radius 3 is 2.56 bits per heavy atom. The normalized spacial score (nSPS) is 15.0. The highest BCUT2D eigenvalue weighted by atomic mass is 16.3. The molecule has 0 spiro atoms. The summed E-state index contributed by atoms with van der Waals surface area (Å²) in [6, 6.07) is 4.09. The zero-order chi connectivity index (χ0) is 13.3. The minimum Gasteiger partial charge on any atom is -0.464 e. The predicted octanol–water partition coefficient (Wildman–Crippen LogP) is 3.05. The molecule has 4 nitrogen and oxygen atoms in total. The van der Waals surface area contributed by atoms with E-state index < -0.39 is 0 Å². The topological polar surface area (TPSA) is 57.0 Å². The first-order valence-corrected chi connectivity index (χ1v) is 6.34. The van der Waals surface area contributed by atoms with Crippen LogP contribution < -0.4 is 5.73 Å². The number of hydrogen-bond donors (Lipinski definition) is 1. The molecule has 0 aliphatic rings. The van der Waals surface area contributed by atoms with Gasteiger partial charge in [0.2, 0.25) is 0 Å². The molecule has 0 fully saturated rings. The zero-order valence-corrected chi connectivity index (χ0v) is 11.4. The maximum absolute atomic E-state index is 6.21. The van der Waals surface area contributed by atoms with E-state index in [0.717, 1.165) is 17.2 Å². The first-order valence-electron chi connectivity index (χ1n) is 6.34. The number of aromatic nitrogens is 2. The van der Waals surface area contributed by atoms with E-state index in [1.807, 2.05) is 31.6 Å². The first kappa shape index (κ1) is 12.9. The maximum Gasteiger partial charge on any atom is 0.126 e. The number of nitrogens with two attached hydrogens (primary N) is 1. The van der Waals surface area contributed by atoms with Crippen molar-refractivity contribution in [2.75, 3.05) is 0 Å². The van der Waals surface area contributed by atoms with Crippen molar-refractivity contribution in [3.63, 3.8) is 0 Å². The Morgan fingerprint density at radius 1 is 1.28 bits per heavy atom. The predicted molar refractivity (Wildman–Crippen MR) is 71.3 cm³/mol. The summed E-state index contributed by atoms with van der Waals surface area (Å²) in [5.41, 5.74) is 7.26. The van der Waals surface area contributed by atoms with E-state index in [4.69, 9.17) is 10.2 Å². The molecule has 2 rings (SSSR count). The van der Waals surface area contributed by atoms with Crippen molar-refractivity contribution >= 4 is 0 Å². The highest BCUT2D eigenvalue weighted by molar-refractivity contribution is 5.14. The smallest absolute Gasteiger partial charge is 0.126 e. The fourth-order valence-electron chi connectivity index (χ4n) is 2.05. The van der Waals surface area contributed by atoms with Gasteiger partial charge in [-0.3, -0.25) is 0 Å². The molecule has 2 N–H and O–H groups in total. The third kappa shape index (κ3) is 2.34. The molecule has 2 unspecified atom stereocenters. The Kier molecular flexibility index (Phi) is 3.57. The van der Waals surface area contributed by atoms with Gasteiger partial charge in [0.25, 0.3) is 0 Å². The van der Waals surface area contributed by atoms with Gasteiger partial charge in [0, 0.05) is 12.2 Å². The number of furan rings is 1. The molecule has 2 aromatic rings. The quantitative estimate of drug-likeness (QED) is 0.903. The molecule has 0 bridgehead atoms. The molecule has 98 valence electrons. The van der Waals surface area contributed by atoms with Crippen molar-refractivity contribution < 1.29 is 4.42 Å². The van der Waals surface area contributed by atoms with E-state index in [2.05, 4.69) is 30.3 Å². The summed E-state index contributed by atoms with van der Waals surface area (Å²) in [6.07, 6.45) is 3.66. The lowest BCUT2D eigenvalue weighted by molar-refractivity contribution is 0.407. The summed E-state index contributed by atoms with van der Waals surface area (Å²) >= 11 is 0. The molecule has 2 heterocycles. The molecule has 0 aliphatic heterocycles. The van der Waals surface area contributed by atoms with Crippen molar-refractivity contribution in [3.8, 4) is 0 Å². The second-order valence-electron chi connectivity index (χ2n) is 5.12. The Hall–Kier alpha value is -1.55. The standard InChI is InChI=1S/C14H21N3O/c1-9(2)14(15)12-7-16-8-17(12)11(4)13-6-5-10(3)18-13/h5-9,11,14H,15H2,1-4H3. The fourth-order valence-corrected chi connectivity index (χ4v) is 2.05. The number of aryl methyl sites for hydroxylation is 1. The van der Waals surface area contributed by atoms with Gasteiger partial charge in [-0.25, -0.2) is 4.98 Å². The molecule has 0 amide bonds. The lowest BCUT2D eigenvalue weighted by Crippen LogP contribution is -2.22. The summed E-state index contributed by atoms with van der Waals surface area (Å²) in [5, 5.41) is 0. The molecule has 0 saturated carbocycles. The number of hydrogen-bond acceptors (Lipinski definition) is 3. The van der Waals surface area contributed by atoms with Crippen LogP contribution >= 0.6 is 0 Å².